The molecule has 24 heavy (non-hydrogen) atoms. The summed E-state index contributed by atoms with van der Waals surface area (Å²) < 4.78 is 0. The van der Waals surface area contributed by atoms with Crippen molar-refractivity contribution < 1.29 is 4.79 Å². The van der Waals surface area contributed by atoms with Gasteiger partial charge in [0.25, 0.3) is 0 Å². The van der Waals surface area contributed by atoms with Crippen LogP contribution in [0.4, 0.5) is 0 Å². The standard InChI is InChI=1S/C16H29N5OS.HI/c1-6-14-19-13(12-23-14)10-18-16(17-7-2)20(5)11-15(22)21(8-3)9-4;/h12H,6-11H2,1-5H3,(H,17,18);1H. The molecule has 138 valence electrons. The lowest BCUT2D eigenvalue weighted by atomic mass is 10.4. The maximum atomic E-state index is 12.2. The molecule has 0 spiro atoms. The molecule has 0 saturated carbocycles. The number of aliphatic imine (C=N–C) groups is 1. The number of amides is 1. The predicted molar refractivity (Wildman–Crippen MR) is 112 cm³/mol. The summed E-state index contributed by atoms with van der Waals surface area (Å²) in [5, 5.41) is 6.41. The van der Waals surface area contributed by atoms with Crippen LogP contribution in [0.5, 0.6) is 0 Å². The molecule has 0 radical (unpaired) electrons. The lowest BCUT2D eigenvalue weighted by Crippen LogP contribution is -2.45. The van der Waals surface area contributed by atoms with Crippen molar-refractivity contribution in [1.29, 1.82) is 0 Å². The van der Waals surface area contributed by atoms with Crippen molar-refractivity contribution in [2.75, 3.05) is 33.2 Å². The fraction of sp³-hybridized carbons (Fsp3) is 0.688. The Bertz CT molecular complexity index is 516. The maximum Gasteiger partial charge on any atom is 0.242 e. The molecule has 1 aromatic rings. The van der Waals surface area contributed by atoms with Crippen LogP contribution in [-0.4, -0.2) is 59.9 Å². The summed E-state index contributed by atoms with van der Waals surface area (Å²) in [6.07, 6.45) is 0.951. The topological polar surface area (TPSA) is 60.8 Å². The Morgan fingerprint density at radius 2 is 1.96 bits per heavy atom. The van der Waals surface area contributed by atoms with Crippen molar-refractivity contribution >= 4 is 47.2 Å². The normalized spacial score (nSPS) is 11.0. The van der Waals surface area contributed by atoms with Crippen molar-refractivity contribution in [2.24, 2.45) is 4.99 Å². The first-order valence-corrected chi connectivity index (χ1v) is 9.14. The van der Waals surface area contributed by atoms with E-state index in [9.17, 15) is 4.79 Å². The van der Waals surface area contributed by atoms with Crippen LogP contribution in [0.15, 0.2) is 10.4 Å². The van der Waals surface area contributed by atoms with Gasteiger partial charge in [-0.15, -0.1) is 35.3 Å². The van der Waals surface area contributed by atoms with E-state index in [4.69, 9.17) is 0 Å². The molecule has 0 fully saturated rings. The lowest BCUT2D eigenvalue weighted by molar-refractivity contribution is -0.131. The SMILES string of the molecule is CCNC(=NCc1csc(CC)n1)N(C)CC(=O)N(CC)CC.I. The molecule has 0 aliphatic heterocycles. The molecule has 1 N–H and O–H groups in total. The largest absolute Gasteiger partial charge is 0.357 e. The maximum absolute atomic E-state index is 12.2. The van der Waals surface area contributed by atoms with Crippen molar-refractivity contribution in [3.05, 3.63) is 16.1 Å². The Labute approximate surface area is 166 Å². The van der Waals surface area contributed by atoms with Gasteiger partial charge in [0, 0.05) is 32.1 Å². The van der Waals surface area contributed by atoms with Crippen LogP contribution in [-0.2, 0) is 17.8 Å². The third-order valence-electron chi connectivity index (χ3n) is 3.48. The fourth-order valence-corrected chi connectivity index (χ4v) is 2.90. The molecule has 0 aliphatic rings. The van der Waals surface area contributed by atoms with Crippen LogP contribution < -0.4 is 5.32 Å². The monoisotopic (exact) mass is 467 g/mol. The lowest BCUT2D eigenvalue weighted by Gasteiger charge is -2.25. The van der Waals surface area contributed by atoms with Gasteiger partial charge >= 0.3 is 0 Å². The summed E-state index contributed by atoms with van der Waals surface area (Å²) >= 11 is 1.67. The van der Waals surface area contributed by atoms with Crippen LogP contribution in [0.1, 0.15) is 38.4 Å². The third kappa shape index (κ3) is 7.33. The number of carbonyl (C=O) groups excluding carboxylic acids is 1. The second kappa shape index (κ2) is 12.5. The van der Waals surface area contributed by atoms with E-state index in [2.05, 4.69) is 22.2 Å². The van der Waals surface area contributed by atoms with E-state index in [1.807, 2.05) is 43.0 Å². The molecular formula is C16H30IN5OS. The van der Waals surface area contributed by atoms with Crippen molar-refractivity contribution in [3.63, 3.8) is 0 Å². The zero-order valence-electron chi connectivity index (χ0n) is 15.3. The van der Waals surface area contributed by atoms with Gasteiger partial charge in [0.1, 0.15) is 0 Å². The van der Waals surface area contributed by atoms with E-state index in [1.54, 1.807) is 11.3 Å². The molecule has 0 saturated heterocycles. The number of aromatic nitrogens is 1. The number of rotatable bonds is 8. The van der Waals surface area contributed by atoms with E-state index < -0.39 is 0 Å². The number of guanidine groups is 1. The Morgan fingerprint density at radius 1 is 1.29 bits per heavy atom. The number of nitrogens with zero attached hydrogens (tertiary/aromatic N) is 4. The molecule has 0 atom stereocenters. The van der Waals surface area contributed by atoms with Gasteiger partial charge in [-0.1, -0.05) is 6.92 Å². The first-order chi connectivity index (χ1) is 11.0. The molecule has 8 heteroatoms. The number of likely N-dealkylation sites (N-methyl/N-ethyl adjacent to an activating group) is 2. The average Bonchev–Trinajstić information content (AvgIpc) is 3.00. The van der Waals surface area contributed by atoms with E-state index in [1.165, 1.54) is 0 Å². The summed E-state index contributed by atoms with van der Waals surface area (Å²) in [5.74, 6) is 0.851. The summed E-state index contributed by atoms with van der Waals surface area (Å²) in [6.45, 7) is 11.2. The Kier molecular flexibility index (Phi) is 12.0. The first kappa shape index (κ1) is 23.1. The average molecular weight is 467 g/mol. The molecule has 1 aromatic heterocycles. The van der Waals surface area contributed by atoms with Gasteiger partial charge in [-0.2, -0.15) is 0 Å². The zero-order chi connectivity index (χ0) is 17.2. The predicted octanol–water partition coefficient (Wildman–Crippen LogP) is 2.59. The smallest absolute Gasteiger partial charge is 0.242 e. The summed E-state index contributed by atoms with van der Waals surface area (Å²) in [4.78, 5) is 25.1. The molecule has 6 nitrogen and oxygen atoms in total. The van der Waals surface area contributed by atoms with Gasteiger partial charge in [0.2, 0.25) is 5.91 Å². The van der Waals surface area contributed by atoms with Gasteiger partial charge in [-0.25, -0.2) is 9.98 Å². The minimum absolute atomic E-state index is 0. The van der Waals surface area contributed by atoms with Crippen LogP contribution in [0, 0.1) is 0 Å². The molecule has 1 rings (SSSR count). The number of aryl methyl sites for hydroxylation is 1. The van der Waals surface area contributed by atoms with Crippen LogP contribution in [0.3, 0.4) is 0 Å². The molecule has 1 amide bonds. The highest BCUT2D eigenvalue weighted by molar-refractivity contribution is 14.0. The Balaban J connectivity index is 0.00000529. The fourth-order valence-electron chi connectivity index (χ4n) is 2.16. The molecule has 0 aromatic carbocycles. The first-order valence-electron chi connectivity index (χ1n) is 8.26. The van der Waals surface area contributed by atoms with Crippen LogP contribution in [0.2, 0.25) is 0 Å². The Hall–Kier alpha value is -0.900. The minimum atomic E-state index is 0. The highest BCUT2D eigenvalue weighted by Crippen LogP contribution is 2.11. The molecule has 0 unspecified atom stereocenters. The number of thiazole rings is 1. The highest BCUT2D eigenvalue weighted by Gasteiger charge is 2.15. The van der Waals surface area contributed by atoms with Gasteiger partial charge in [-0.3, -0.25) is 4.79 Å². The summed E-state index contributed by atoms with van der Waals surface area (Å²) in [7, 11) is 1.89. The van der Waals surface area contributed by atoms with Crippen molar-refractivity contribution in [2.45, 2.75) is 40.7 Å². The van der Waals surface area contributed by atoms with Gasteiger partial charge < -0.3 is 15.1 Å². The molecular weight excluding hydrogens is 437 g/mol. The van der Waals surface area contributed by atoms with Crippen molar-refractivity contribution in [3.8, 4) is 0 Å². The van der Waals surface area contributed by atoms with Crippen LogP contribution in [0.25, 0.3) is 0 Å². The number of nitrogens with one attached hydrogen (secondary N) is 1. The summed E-state index contributed by atoms with van der Waals surface area (Å²) in [6, 6.07) is 0. The van der Waals surface area contributed by atoms with Gasteiger partial charge in [0.15, 0.2) is 5.96 Å². The van der Waals surface area contributed by atoms with E-state index in [-0.39, 0.29) is 29.9 Å². The van der Waals surface area contributed by atoms with Crippen molar-refractivity contribution in [1.82, 2.24) is 20.1 Å². The highest BCUT2D eigenvalue weighted by atomic mass is 127. The van der Waals surface area contributed by atoms with E-state index in [0.717, 1.165) is 42.7 Å². The Morgan fingerprint density at radius 3 is 2.46 bits per heavy atom. The second-order valence-corrected chi connectivity index (χ2v) is 6.12. The third-order valence-corrected chi connectivity index (χ3v) is 4.52. The quantitative estimate of drug-likeness (QED) is 0.363. The second-order valence-electron chi connectivity index (χ2n) is 5.18. The minimum Gasteiger partial charge on any atom is -0.357 e. The van der Waals surface area contributed by atoms with Crippen LogP contribution >= 0.6 is 35.3 Å². The number of hydrogen-bond acceptors (Lipinski definition) is 4. The van der Waals surface area contributed by atoms with Gasteiger partial charge in [-0.05, 0) is 27.2 Å². The summed E-state index contributed by atoms with van der Waals surface area (Å²) in [5.41, 5.74) is 0.978. The molecule has 0 bridgehead atoms. The molecule has 1 heterocycles. The number of hydrogen-bond donors (Lipinski definition) is 1. The van der Waals surface area contributed by atoms with Gasteiger partial charge in [0.05, 0.1) is 23.8 Å². The molecule has 0 aliphatic carbocycles. The number of carbonyl (C=O) groups is 1. The van der Waals surface area contributed by atoms with E-state index >= 15 is 0 Å². The zero-order valence-corrected chi connectivity index (χ0v) is 18.5. The number of halogens is 1. The van der Waals surface area contributed by atoms with E-state index in [0.29, 0.717) is 13.1 Å².